The van der Waals surface area contributed by atoms with Crippen LogP contribution in [0.1, 0.15) is 43.9 Å². The van der Waals surface area contributed by atoms with Gasteiger partial charge in [0.2, 0.25) is 0 Å². The molecule has 3 aromatic carbocycles. The fourth-order valence-electron chi connectivity index (χ4n) is 4.82. The Hall–Kier alpha value is -4.57. The highest BCUT2D eigenvalue weighted by atomic mass is 32.1. The average Bonchev–Trinajstić information content (AvgIpc) is 3.54. The molecule has 1 atom stereocenters. The van der Waals surface area contributed by atoms with Crippen molar-refractivity contribution in [2.24, 2.45) is 0 Å². The predicted molar refractivity (Wildman–Crippen MR) is 162 cm³/mol. The van der Waals surface area contributed by atoms with E-state index in [2.05, 4.69) is 6.92 Å². The van der Waals surface area contributed by atoms with Crippen molar-refractivity contribution in [3.63, 3.8) is 0 Å². The Labute approximate surface area is 247 Å². The first kappa shape index (κ1) is 28.9. The number of aliphatic hydroxyl groups excluding tert-OH is 1. The molecule has 2 heterocycles. The first-order chi connectivity index (χ1) is 20.4. The second-order valence-corrected chi connectivity index (χ2v) is 10.6. The smallest absolute Gasteiger partial charge is 0.301 e. The molecule has 1 fully saturated rings. The molecule has 5 rings (SSSR count). The number of carbonyl (C=O) groups is 2. The van der Waals surface area contributed by atoms with E-state index in [-0.39, 0.29) is 11.3 Å². The number of hydrogen-bond acceptors (Lipinski definition) is 9. The predicted octanol–water partition coefficient (Wildman–Crippen LogP) is 6.52. The molecular weight excluding hydrogens is 556 g/mol. The van der Waals surface area contributed by atoms with E-state index in [0.29, 0.717) is 58.0 Å². The van der Waals surface area contributed by atoms with Crippen LogP contribution in [0, 0.1) is 0 Å². The van der Waals surface area contributed by atoms with Gasteiger partial charge in [-0.15, -0.1) is 0 Å². The highest BCUT2D eigenvalue weighted by Gasteiger charge is 2.48. The van der Waals surface area contributed by atoms with Crippen molar-refractivity contribution < 1.29 is 33.6 Å². The Kier molecular flexibility index (Phi) is 8.63. The molecule has 0 bridgehead atoms. The van der Waals surface area contributed by atoms with Crippen LogP contribution in [-0.4, -0.2) is 49.2 Å². The molecule has 0 radical (unpaired) electrons. The van der Waals surface area contributed by atoms with Crippen LogP contribution < -0.4 is 23.8 Å². The number of rotatable bonds is 11. The summed E-state index contributed by atoms with van der Waals surface area (Å²) in [5.41, 5.74) is 1.48. The number of unbranched alkanes of at least 4 members (excludes halogenated alkanes) is 1. The van der Waals surface area contributed by atoms with Gasteiger partial charge in [0.05, 0.1) is 49.3 Å². The number of fused-ring (bicyclic) bond motifs is 1. The average molecular weight is 589 g/mol. The molecule has 1 N–H and O–H groups in total. The van der Waals surface area contributed by atoms with Crippen molar-refractivity contribution in [1.29, 1.82) is 0 Å². The molecule has 1 aliphatic rings. The van der Waals surface area contributed by atoms with E-state index in [4.69, 9.17) is 23.9 Å². The third kappa shape index (κ3) is 5.49. The Morgan fingerprint density at radius 3 is 2.52 bits per heavy atom. The van der Waals surface area contributed by atoms with Gasteiger partial charge < -0.3 is 24.1 Å². The quantitative estimate of drug-likeness (QED) is 0.0914. The minimum absolute atomic E-state index is 0.0655. The number of benzene rings is 3. The summed E-state index contributed by atoms with van der Waals surface area (Å²) in [6, 6.07) is 16.4. The van der Waals surface area contributed by atoms with Gasteiger partial charge in [0.25, 0.3) is 5.78 Å². The summed E-state index contributed by atoms with van der Waals surface area (Å²) in [5, 5.41) is 11.8. The number of thiazole rings is 1. The van der Waals surface area contributed by atoms with Crippen molar-refractivity contribution in [3.05, 3.63) is 77.4 Å². The Morgan fingerprint density at radius 1 is 0.952 bits per heavy atom. The molecule has 9 nitrogen and oxygen atoms in total. The van der Waals surface area contributed by atoms with Crippen molar-refractivity contribution >= 4 is 44.1 Å². The largest absolute Gasteiger partial charge is 0.507 e. The number of hydrogen-bond donors (Lipinski definition) is 1. The molecule has 4 aromatic rings. The van der Waals surface area contributed by atoms with Crippen LogP contribution in [0.5, 0.6) is 23.0 Å². The molecule has 10 heteroatoms. The highest BCUT2D eigenvalue weighted by Crippen LogP contribution is 2.46. The molecule has 218 valence electrons. The maximum atomic E-state index is 13.7. The third-order valence-electron chi connectivity index (χ3n) is 6.91. The maximum Gasteiger partial charge on any atom is 0.301 e. The summed E-state index contributed by atoms with van der Waals surface area (Å²) in [4.78, 5) is 33.4. The van der Waals surface area contributed by atoms with Crippen LogP contribution >= 0.6 is 11.3 Å². The minimum Gasteiger partial charge on any atom is -0.507 e. The highest BCUT2D eigenvalue weighted by molar-refractivity contribution is 7.22. The van der Waals surface area contributed by atoms with Crippen LogP contribution in [0.4, 0.5) is 5.13 Å². The SMILES string of the molecule is CCCCOc1ccc(C2/C(=C(\O)c3cccc(OC)c3)C(=O)C(=O)N2c2nc3ccc(OCC)cc3s2)cc1OC. The maximum absolute atomic E-state index is 13.7. The summed E-state index contributed by atoms with van der Waals surface area (Å²) >= 11 is 1.26. The summed E-state index contributed by atoms with van der Waals surface area (Å²) in [6.07, 6.45) is 1.86. The number of aromatic nitrogens is 1. The first-order valence-corrected chi connectivity index (χ1v) is 14.5. The molecule has 0 spiro atoms. The molecule has 1 saturated heterocycles. The zero-order valence-corrected chi connectivity index (χ0v) is 24.7. The molecule has 42 heavy (non-hydrogen) atoms. The monoisotopic (exact) mass is 588 g/mol. The van der Waals surface area contributed by atoms with Crippen LogP contribution in [0.2, 0.25) is 0 Å². The second-order valence-electron chi connectivity index (χ2n) is 9.57. The van der Waals surface area contributed by atoms with Gasteiger partial charge in [-0.3, -0.25) is 14.5 Å². The number of ether oxygens (including phenoxy) is 4. The number of nitrogens with zero attached hydrogens (tertiary/aromatic N) is 2. The van der Waals surface area contributed by atoms with Crippen molar-refractivity contribution in [1.82, 2.24) is 4.98 Å². The Balaban J connectivity index is 1.68. The number of ketones is 1. The molecule has 1 aromatic heterocycles. The molecular formula is C32H32N2O7S. The minimum atomic E-state index is -0.985. The lowest BCUT2D eigenvalue weighted by Crippen LogP contribution is -2.29. The van der Waals surface area contributed by atoms with Crippen molar-refractivity contribution in [3.8, 4) is 23.0 Å². The van der Waals surface area contributed by atoms with Gasteiger partial charge in [0.15, 0.2) is 16.6 Å². The van der Waals surface area contributed by atoms with Gasteiger partial charge in [-0.05, 0) is 61.4 Å². The summed E-state index contributed by atoms with van der Waals surface area (Å²) in [7, 11) is 3.04. The number of methoxy groups -OCH3 is 2. The van der Waals surface area contributed by atoms with Gasteiger partial charge >= 0.3 is 5.91 Å². The number of Topliss-reactive ketones (excluding diaryl/α,β-unsaturated/α-hetero) is 1. The van der Waals surface area contributed by atoms with Gasteiger partial charge in [-0.25, -0.2) is 4.98 Å². The summed E-state index contributed by atoms with van der Waals surface area (Å²) in [5.74, 6) is 0.232. The standard InChI is InChI=1S/C32H32N2O7S/c1-5-7-15-41-24-14-11-19(17-25(24)39-4)28-27(29(35)20-9-8-10-21(16-20)38-3)30(36)31(37)34(28)32-33-23-13-12-22(40-6-2)18-26(23)42-32/h8-14,16-18,28,35H,5-7,15H2,1-4H3/b29-27+. The summed E-state index contributed by atoms with van der Waals surface area (Å²) < 4.78 is 23.3. The lowest BCUT2D eigenvalue weighted by Gasteiger charge is -2.24. The van der Waals surface area contributed by atoms with E-state index in [1.807, 2.05) is 25.1 Å². The molecule has 1 amide bonds. The van der Waals surface area contributed by atoms with Crippen LogP contribution in [0.25, 0.3) is 16.0 Å². The molecule has 1 unspecified atom stereocenters. The molecule has 1 aliphatic heterocycles. The normalized spacial score (nSPS) is 16.2. The van der Waals surface area contributed by atoms with E-state index < -0.39 is 17.7 Å². The van der Waals surface area contributed by atoms with Crippen LogP contribution in [0.15, 0.2) is 66.2 Å². The second kappa shape index (κ2) is 12.5. The Bertz CT molecular complexity index is 1660. The van der Waals surface area contributed by atoms with E-state index >= 15 is 0 Å². The first-order valence-electron chi connectivity index (χ1n) is 13.7. The topological polar surface area (TPSA) is 107 Å². The van der Waals surface area contributed by atoms with Crippen LogP contribution in [0.3, 0.4) is 0 Å². The number of amides is 1. The fourth-order valence-corrected chi connectivity index (χ4v) is 5.84. The lowest BCUT2D eigenvalue weighted by molar-refractivity contribution is -0.132. The van der Waals surface area contributed by atoms with Gasteiger partial charge in [0, 0.05) is 5.56 Å². The van der Waals surface area contributed by atoms with E-state index in [1.54, 1.807) is 42.5 Å². The van der Waals surface area contributed by atoms with E-state index in [9.17, 15) is 14.7 Å². The molecule has 0 aliphatic carbocycles. The van der Waals surface area contributed by atoms with Crippen molar-refractivity contribution in [2.45, 2.75) is 32.7 Å². The van der Waals surface area contributed by atoms with Gasteiger partial charge in [-0.2, -0.15) is 0 Å². The number of aliphatic hydroxyl groups is 1. The zero-order valence-electron chi connectivity index (χ0n) is 23.9. The lowest BCUT2D eigenvalue weighted by atomic mass is 9.95. The van der Waals surface area contributed by atoms with Gasteiger partial charge in [0.1, 0.15) is 17.3 Å². The Morgan fingerprint density at radius 2 is 1.79 bits per heavy atom. The van der Waals surface area contributed by atoms with Gasteiger partial charge in [-0.1, -0.05) is 42.9 Å². The number of carbonyl (C=O) groups excluding carboxylic acids is 2. The fraction of sp³-hybridized carbons (Fsp3) is 0.281. The van der Waals surface area contributed by atoms with Crippen LogP contribution in [-0.2, 0) is 9.59 Å². The zero-order chi connectivity index (χ0) is 29.8. The molecule has 0 saturated carbocycles. The van der Waals surface area contributed by atoms with Crippen molar-refractivity contribution in [2.75, 3.05) is 32.3 Å². The number of anilines is 1. The van der Waals surface area contributed by atoms with E-state index in [0.717, 1.165) is 17.5 Å². The van der Waals surface area contributed by atoms with E-state index in [1.165, 1.54) is 30.5 Å². The third-order valence-corrected chi connectivity index (χ3v) is 7.93. The summed E-state index contributed by atoms with van der Waals surface area (Å²) in [6.45, 7) is 5.01.